The lowest BCUT2D eigenvalue weighted by atomic mass is 9.97. The lowest BCUT2D eigenvalue weighted by Gasteiger charge is -2.11. The fourth-order valence-corrected chi connectivity index (χ4v) is 7.36. The molecule has 0 aliphatic carbocycles. The highest BCUT2D eigenvalue weighted by Crippen LogP contribution is 2.34. The molecule has 0 saturated carbocycles. The molecule has 0 unspecified atom stereocenters. The van der Waals surface area contributed by atoms with E-state index in [4.69, 9.17) is 15.0 Å². The molecule has 0 saturated heterocycles. The van der Waals surface area contributed by atoms with Crippen molar-refractivity contribution in [2.45, 2.75) is 0 Å². The first-order chi connectivity index (χ1) is 24.2. The SMILES string of the molecule is c1ccc(-c2ccc(-c3nc(-c4ccc(-c5nc6ccccc6s5)cc4)cc(-c4ccc(-c5cccc6ccccc56)cc4)n3)cc2)cc1. The number of hydrogen-bond acceptors (Lipinski definition) is 4. The van der Waals surface area contributed by atoms with E-state index in [9.17, 15) is 0 Å². The summed E-state index contributed by atoms with van der Waals surface area (Å²) < 4.78 is 1.19. The van der Waals surface area contributed by atoms with Gasteiger partial charge in [0, 0.05) is 22.3 Å². The third-order valence-corrected chi connectivity index (χ3v) is 10.1. The van der Waals surface area contributed by atoms with Crippen molar-refractivity contribution in [3.8, 4) is 66.7 Å². The second-order valence-corrected chi connectivity index (χ2v) is 13.1. The van der Waals surface area contributed by atoms with Crippen LogP contribution in [0.15, 0.2) is 176 Å². The second-order valence-electron chi connectivity index (χ2n) is 12.1. The number of aromatic nitrogens is 3. The Hall–Kier alpha value is -6.23. The highest BCUT2D eigenvalue weighted by atomic mass is 32.1. The van der Waals surface area contributed by atoms with Crippen molar-refractivity contribution in [3.63, 3.8) is 0 Å². The van der Waals surface area contributed by atoms with Gasteiger partial charge in [-0.3, -0.25) is 0 Å². The molecule has 0 atom stereocenters. The minimum absolute atomic E-state index is 0.695. The van der Waals surface area contributed by atoms with E-state index in [1.807, 2.05) is 12.1 Å². The molecule has 4 heteroatoms. The van der Waals surface area contributed by atoms with Crippen molar-refractivity contribution in [2.75, 3.05) is 0 Å². The average molecular weight is 644 g/mol. The van der Waals surface area contributed by atoms with Crippen LogP contribution in [0.2, 0.25) is 0 Å². The van der Waals surface area contributed by atoms with E-state index in [0.29, 0.717) is 5.82 Å². The first kappa shape index (κ1) is 29.0. The van der Waals surface area contributed by atoms with Crippen LogP contribution >= 0.6 is 11.3 Å². The van der Waals surface area contributed by atoms with Gasteiger partial charge in [-0.1, -0.05) is 158 Å². The summed E-state index contributed by atoms with van der Waals surface area (Å²) >= 11 is 1.71. The average Bonchev–Trinajstić information content (AvgIpc) is 3.63. The molecular formula is C45H29N3S. The fourth-order valence-electron chi connectivity index (χ4n) is 6.39. The quantitative estimate of drug-likeness (QED) is 0.181. The van der Waals surface area contributed by atoms with E-state index in [-0.39, 0.29) is 0 Å². The third kappa shape index (κ3) is 5.69. The van der Waals surface area contributed by atoms with Crippen molar-refractivity contribution < 1.29 is 0 Å². The molecule has 9 rings (SSSR count). The molecule has 2 aromatic heterocycles. The molecule has 0 spiro atoms. The number of thiazole rings is 1. The van der Waals surface area contributed by atoms with Crippen molar-refractivity contribution in [1.82, 2.24) is 15.0 Å². The highest BCUT2D eigenvalue weighted by Gasteiger charge is 2.13. The van der Waals surface area contributed by atoms with Gasteiger partial charge in [-0.2, -0.15) is 0 Å². The van der Waals surface area contributed by atoms with Gasteiger partial charge in [0.15, 0.2) is 5.82 Å². The maximum atomic E-state index is 5.12. The standard InChI is InChI=1S/C45H29N3S/c1-2-9-30(10-3-1)31-17-25-36(26-18-31)44-46-41(34-21-19-33(20-22-34)39-14-8-12-32-11-4-5-13-38(32)39)29-42(47-44)35-23-27-37(28-24-35)45-48-40-15-6-7-16-43(40)49-45/h1-29H. The Labute approximate surface area is 288 Å². The Morgan fingerprint density at radius 2 is 0.918 bits per heavy atom. The van der Waals surface area contributed by atoms with Crippen LogP contribution in [0, 0.1) is 0 Å². The van der Waals surface area contributed by atoms with Crippen LogP contribution in [0.1, 0.15) is 0 Å². The van der Waals surface area contributed by atoms with E-state index in [1.54, 1.807) is 11.3 Å². The molecule has 0 N–H and O–H groups in total. The van der Waals surface area contributed by atoms with Crippen molar-refractivity contribution in [3.05, 3.63) is 176 Å². The Bertz CT molecular complexity index is 2530. The van der Waals surface area contributed by atoms with Crippen molar-refractivity contribution >= 4 is 32.3 Å². The zero-order chi connectivity index (χ0) is 32.6. The largest absolute Gasteiger partial charge is 0.236 e. The molecule has 49 heavy (non-hydrogen) atoms. The van der Waals surface area contributed by atoms with Crippen molar-refractivity contribution in [1.29, 1.82) is 0 Å². The highest BCUT2D eigenvalue weighted by molar-refractivity contribution is 7.21. The Kier molecular flexibility index (Phi) is 7.34. The van der Waals surface area contributed by atoms with E-state index in [0.717, 1.165) is 49.7 Å². The summed E-state index contributed by atoms with van der Waals surface area (Å²) in [7, 11) is 0. The molecule has 0 bridgehead atoms. The summed E-state index contributed by atoms with van der Waals surface area (Å²) in [5, 5.41) is 3.50. The molecule has 7 aromatic carbocycles. The van der Waals surface area contributed by atoms with Crippen LogP contribution in [-0.2, 0) is 0 Å². The topological polar surface area (TPSA) is 38.7 Å². The Morgan fingerprint density at radius 3 is 1.65 bits per heavy atom. The van der Waals surface area contributed by atoms with Crippen LogP contribution < -0.4 is 0 Å². The lowest BCUT2D eigenvalue weighted by Crippen LogP contribution is -1.96. The van der Waals surface area contributed by atoms with Gasteiger partial charge in [0.2, 0.25) is 0 Å². The van der Waals surface area contributed by atoms with Gasteiger partial charge in [-0.25, -0.2) is 15.0 Å². The molecular weight excluding hydrogens is 615 g/mol. The number of para-hydroxylation sites is 1. The molecule has 9 aromatic rings. The smallest absolute Gasteiger partial charge is 0.160 e. The lowest BCUT2D eigenvalue weighted by molar-refractivity contribution is 1.18. The predicted molar refractivity (Wildman–Crippen MR) is 205 cm³/mol. The number of hydrogen-bond donors (Lipinski definition) is 0. The number of nitrogens with zero attached hydrogens (tertiary/aromatic N) is 3. The first-order valence-electron chi connectivity index (χ1n) is 16.4. The van der Waals surface area contributed by atoms with Gasteiger partial charge in [-0.05, 0) is 51.2 Å². The van der Waals surface area contributed by atoms with Gasteiger partial charge in [0.05, 0.1) is 21.6 Å². The third-order valence-electron chi connectivity index (χ3n) is 8.98. The second kappa shape index (κ2) is 12.4. The molecule has 0 amide bonds. The Balaban J connectivity index is 1.11. The molecule has 3 nitrogen and oxygen atoms in total. The van der Waals surface area contributed by atoms with Gasteiger partial charge in [0.25, 0.3) is 0 Å². The van der Waals surface area contributed by atoms with Crippen molar-refractivity contribution in [2.24, 2.45) is 0 Å². The first-order valence-corrected chi connectivity index (χ1v) is 17.2. The molecule has 230 valence electrons. The Morgan fingerprint density at radius 1 is 0.367 bits per heavy atom. The van der Waals surface area contributed by atoms with Gasteiger partial charge in [-0.15, -0.1) is 11.3 Å². The van der Waals surface area contributed by atoms with Crippen LogP contribution in [0.25, 0.3) is 87.7 Å². The van der Waals surface area contributed by atoms with E-state index < -0.39 is 0 Å². The van der Waals surface area contributed by atoms with E-state index in [1.165, 1.54) is 32.2 Å². The van der Waals surface area contributed by atoms with Crippen LogP contribution in [-0.4, -0.2) is 15.0 Å². The summed E-state index contributed by atoms with van der Waals surface area (Å²) in [4.78, 5) is 15.1. The number of rotatable bonds is 6. The zero-order valence-electron chi connectivity index (χ0n) is 26.5. The molecule has 0 aliphatic rings. The predicted octanol–water partition coefficient (Wildman–Crippen LogP) is 12.2. The number of fused-ring (bicyclic) bond motifs is 2. The minimum atomic E-state index is 0.695. The summed E-state index contributed by atoms with van der Waals surface area (Å²) in [5.74, 6) is 0.695. The molecule has 0 aliphatic heterocycles. The minimum Gasteiger partial charge on any atom is -0.236 e. The number of benzene rings is 7. The summed E-state index contributed by atoms with van der Waals surface area (Å²) in [6.07, 6.45) is 0. The molecule has 0 radical (unpaired) electrons. The molecule has 0 fully saturated rings. The normalized spacial score (nSPS) is 11.3. The van der Waals surface area contributed by atoms with Gasteiger partial charge in [0.1, 0.15) is 5.01 Å². The monoisotopic (exact) mass is 643 g/mol. The van der Waals surface area contributed by atoms with Crippen LogP contribution in [0.4, 0.5) is 0 Å². The maximum absolute atomic E-state index is 5.12. The van der Waals surface area contributed by atoms with Crippen LogP contribution in [0.3, 0.4) is 0 Å². The fraction of sp³-hybridized carbons (Fsp3) is 0. The van der Waals surface area contributed by atoms with Crippen LogP contribution in [0.5, 0.6) is 0 Å². The van der Waals surface area contributed by atoms with E-state index >= 15 is 0 Å². The summed E-state index contributed by atoms with van der Waals surface area (Å²) in [6.45, 7) is 0. The molecule has 2 heterocycles. The van der Waals surface area contributed by atoms with Gasteiger partial charge >= 0.3 is 0 Å². The summed E-state index contributed by atoms with van der Waals surface area (Å²) in [5.41, 5.74) is 11.7. The zero-order valence-corrected chi connectivity index (χ0v) is 27.3. The van der Waals surface area contributed by atoms with Gasteiger partial charge < -0.3 is 0 Å². The van der Waals surface area contributed by atoms with E-state index in [2.05, 4.69) is 164 Å². The summed E-state index contributed by atoms with van der Waals surface area (Å²) in [6, 6.07) is 61.6. The maximum Gasteiger partial charge on any atom is 0.160 e.